The van der Waals surface area contributed by atoms with Crippen LogP contribution in [0.15, 0.2) is 47.2 Å². The van der Waals surface area contributed by atoms with Gasteiger partial charge in [0.05, 0.1) is 0 Å². The molecule has 0 unspecified atom stereocenters. The van der Waals surface area contributed by atoms with Crippen LogP contribution in [-0.4, -0.2) is 40.7 Å². The molecule has 1 aromatic heterocycles. The van der Waals surface area contributed by atoms with Crippen LogP contribution in [0.1, 0.15) is 18.4 Å². The number of hydrogen-bond acceptors (Lipinski definition) is 3. The van der Waals surface area contributed by atoms with Crippen molar-refractivity contribution in [3.63, 3.8) is 0 Å². The number of amides is 1. The summed E-state index contributed by atoms with van der Waals surface area (Å²) >= 11 is 3.48. The van der Waals surface area contributed by atoms with Gasteiger partial charge in [0.25, 0.3) is 5.91 Å². The third kappa shape index (κ3) is 3.33. The largest absolute Gasteiger partial charge is 0.339 e. The zero-order valence-corrected chi connectivity index (χ0v) is 14.8. The first-order valence-electron chi connectivity index (χ1n) is 7.83. The third-order valence-corrected chi connectivity index (χ3v) is 4.92. The molecule has 23 heavy (non-hydrogen) atoms. The molecule has 1 N–H and O–H groups in total. The van der Waals surface area contributed by atoms with Crippen LogP contribution in [0.4, 0.5) is 0 Å². The van der Waals surface area contributed by atoms with Gasteiger partial charge in [0.2, 0.25) is 0 Å². The molecule has 1 aliphatic heterocycles. The number of hydrogen-bond donors (Lipinski definition) is 1. The number of nitrogens with one attached hydrogen (secondary N) is 1. The summed E-state index contributed by atoms with van der Waals surface area (Å²) in [5.41, 5.74) is 0.537. The van der Waals surface area contributed by atoms with Crippen molar-refractivity contribution in [1.29, 1.82) is 0 Å². The molecule has 1 amide bonds. The highest BCUT2D eigenvalue weighted by atomic mass is 79.9. The van der Waals surface area contributed by atoms with Crippen molar-refractivity contribution < 1.29 is 4.79 Å². The molecular weight excluding hydrogens is 356 g/mol. The molecule has 0 radical (unpaired) electrons. The molecule has 2 heterocycles. The zero-order chi connectivity index (χ0) is 16.3. The minimum Gasteiger partial charge on any atom is -0.339 e. The van der Waals surface area contributed by atoms with Gasteiger partial charge in [-0.15, -0.1) is 0 Å². The topological polar surface area (TPSA) is 50.2 Å². The Bertz CT molecular complexity index is 665. The fourth-order valence-corrected chi connectivity index (χ4v) is 3.69. The van der Waals surface area contributed by atoms with E-state index in [0.717, 1.165) is 36.0 Å². The van der Waals surface area contributed by atoms with Crippen LogP contribution in [0.2, 0.25) is 0 Å². The molecule has 0 saturated carbocycles. The summed E-state index contributed by atoms with van der Waals surface area (Å²) in [4.78, 5) is 15.0. The average molecular weight is 377 g/mol. The molecule has 5 nitrogen and oxygen atoms in total. The van der Waals surface area contributed by atoms with Crippen molar-refractivity contribution >= 4 is 21.8 Å². The lowest BCUT2D eigenvalue weighted by Gasteiger charge is -2.39. The van der Waals surface area contributed by atoms with E-state index in [4.69, 9.17) is 0 Å². The quantitative estimate of drug-likeness (QED) is 0.890. The summed E-state index contributed by atoms with van der Waals surface area (Å²) in [6.07, 6.45) is 5.16. The predicted octanol–water partition coefficient (Wildman–Crippen LogP) is 2.38. The molecule has 1 saturated heterocycles. The molecular formula is C17H21BrN4O. The van der Waals surface area contributed by atoms with Gasteiger partial charge in [0.1, 0.15) is 5.54 Å². The molecule has 1 aromatic carbocycles. The van der Waals surface area contributed by atoms with E-state index < -0.39 is 5.54 Å². The van der Waals surface area contributed by atoms with Crippen LogP contribution >= 0.6 is 15.9 Å². The highest BCUT2D eigenvalue weighted by molar-refractivity contribution is 9.10. The highest BCUT2D eigenvalue weighted by Gasteiger charge is 2.43. The second-order valence-electron chi connectivity index (χ2n) is 6.02. The summed E-state index contributed by atoms with van der Waals surface area (Å²) < 4.78 is 2.87. The molecule has 0 aliphatic carbocycles. The van der Waals surface area contributed by atoms with Crippen molar-refractivity contribution in [2.24, 2.45) is 0 Å². The molecule has 0 atom stereocenters. The summed E-state index contributed by atoms with van der Waals surface area (Å²) in [6.45, 7) is 2.25. The summed E-state index contributed by atoms with van der Waals surface area (Å²) in [5, 5.41) is 7.70. The highest BCUT2D eigenvalue weighted by Crippen LogP contribution is 2.29. The Kier molecular flexibility index (Phi) is 4.82. The summed E-state index contributed by atoms with van der Waals surface area (Å²) in [6, 6.07) is 9.95. The van der Waals surface area contributed by atoms with Crippen LogP contribution < -0.4 is 5.32 Å². The maximum Gasteiger partial charge on any atom is 0.250 e. The molecule has 1 aliphatic rings. The van der Waals surface area contributed by atoms with E-state index in [1.165, 1.54) is 0 Å². The number of likely N-dealkylation sites (N-methyl/N-ethyl adjacent to an activating group) is 1. The van der Waals surface area contributed by atoms with E-state index in [0.29, 0.717) is 6.54 Å². The number of piperidine rings is 1. The Morgan fingerprint density at radius 2 is 2.17 bits per heavy atom. The molecule has 3 rings (SSSR count). The number of rotatable bonds is 4. The van der Waals surface area contributed by atoms with Gasteiger partial charge < -0.3 is 10.2 Å². The standard InChI is InChI=1S/C17H21BrN4O/c1-21(13-14-4-2-5-15(18)12-14)16(23)17(6-9-19-10-7-17)22-11-3-8-20-22/h2-5,8,11-12,19H,6-7,9-10,13H2,1H3. The molecule has 6 heteroatoms. The number of nitrogens with zero attached hydrogens (tertiary/aromatic N) is 3. The van der Waals surface area contributed by atoms with E-state index in [9.17, 15) is 4.79 Å². The van der Waals surface area contributed by atoms with E-state index in [-0.39, 0.29) is 5.91 Å². The fraction of sp³-hybridized carbons (Fsp3) is 0.412. The Labute approximate surface area is 144 Å². The minimum absolute atomic E-state index is 0.127. The van der Waals surface area contributed by atoms with Gasteiger partial charge in [0, 0.05) is 30.5 Å². The lowest BCUT2D eigenvalue weighted by Crippen LogP contribution is -2.54. The van der Waals surface area contributed by atoms with E-state index in [1.54, 1.807) is 6.20 Å². The lowest BCUT2D eigenvalue weighted by atomic mass is 9.86. The van der Waals surface area contributed by atoms with Crippen molar-refractivity contribution in [3.05, 3.63) is 52.8 Å². The first kappa shape index (κ1) is 16.2. The van der Waals surface area contributed by atoms with Crippen LogP contribution in [0.25, 0.3) is 0 Å². The van der Waals surface area contributed by atoms with Crippen LogP contribution in [0.5, 0.6) is 0 Å². The van der Waals surface area contributed by atoms with Gasteiger partial charge in [-0.05, 0) is 49.7 Å². The summed E-state index contributed by atoms with van der Waals surface area (Å²) in [7, 11) is 1.87. The van der Waals surface area contributed by atoms with Crippen molar-refractivity contribution in [2.75, 3.05) is 20.1 Å². The number of aromatic nitrogens is 2. The first-order valence-corrected chi connectivity index (χ1v) is 8.62. The first-order chi connectivity index (χ1) is 11.1. The zero-order valence-electron chi connectivity index (χ0n) is 13.2. The van der Waals surface area contributed by atoms with E-state index in [1.807, 2.05) is 53.2 Å². The number of carbonyl (C=O) groups excluding carboxylic acids is 1. The number of carbonyl (C=O) groups is 1. The second kappa shape index (κ2) is 6.84. The van der Waals surface area contributed by atoms with Crippen LogP contribution in [-0.2, 0) is 16.9 Å². The fourth-order valence-electron chi connectivity index (χ4n) is 3.24. The normalized spacial score (nSPS) is 17.0. The minimum atomic E-state index is -0.574. The van der Waals surface area contributed by atoms with Gasteiger partial charge in [-0.25, -0.2) is 0 Å². The Hall–Kier alpha value is -1.66. The van der Waals surface area contributed by atoms with Crippen molar-refractivity contribution in [1.82, 2.24) is 20.0 Å². The molecule has 0 bridgehead atoms. The third-order valence-electron chi connectivity index (χ3n) is 4.43. The Morgan fingerprint density at radius 3 is 2.83 bits per heavy atom. The smallest absolute Gasteiger partial charge is 0.250 e. The molecule has 2 aromatic rings. The summed E-state index contributed by atoms with van der Waals surface area (Å²) in [5.74, 6) is 0.127. The average Bonchev–Trinajstić information content (AvgIpc) is 3.10. The molecule has 0 spiro atoms. The monoisotopic (exact) mass is 376 g/mol. The van der Waals surface area contributed by atoms with Crippen LogP contribution in [0.3, 0.4) is 0 Å². The maximum absolute atomic E-state index is 13.2. The van der Waals surface area contributed by atoms with Crippen molar-refractivity contribution in [3.8, 4) is 0 Å². The predicted molar refractivity (Wildman–Crippen MR) is 92.9 cm³/mol. The maximum atomic E-state index is 13.2. The Morgan fingerprint density at radius 1 is 1.39 bits per heavy atom. The lowest BCUT2D eigenvalue weighted by molar-refractivity contribution is -0.142. The van der Waals surface area contributed by atoms with E-state index in [2.05, 4.69) is 26.3 Å². The Balaban J connectivity index is 1.83. The van der Waals surface area contributed by atoms with Gasteiger partial charge in [-0.2, -0.15) is 5.10 Å². The number of benzene rings is 1. The van der Waals surface area contributed by atoms with Gasteiger partial charge in [-0.3, -0.25) is 9.48 Å². The molecule has 122 valence electrons. The van der Waals surface area contributed by atoms with Crippen molar-refractivity contribution in [2.45, 2.75) is 24.9 Å². The molecule has 1 fully saturated rings. The van der Waals surface area contributed by atoms with Crippen LogP contribution in [0, 0.1) is 0 Å². The second-order valence-corrected chi connectivity index (χ2v) is 6.94. The number of halogens is 1. The van der Waals surface area contributed by atoms with Gasteiger partial charge in [0.15, 0.2) is 0 Å². The van der Waals surface area contributed by atoms with Gasteiger partial charge in [-0.1, -0.05) is 28.1 Å². The van der Waals surface area contributed by atoms with E-state index >= 15 is 0 Å². The SMILES string of the molecule is CN(Cc1cccc(Br)c1)C(=O)C1(n2cccn2)CCNCC1. The van der Waals surface area contributed by atoms with Gasteiger partial charge >= 0.3 is 0 Å².